The van der Waals surface area contributed by atoms with Gasteiger partial charge in [0.15, 0.2) is 0 Å². The molecule has 0 saturated heterocycles. The Kier molecular flexibility index (Phi) is 3.65. The van der Waals surface area contributed by atoms with Gasteiger partial charge < -0.3 is 5.73 Å². The average molecular weight is 254 g/mol. The molecule has 0 atom stereocenters. The van der Waals surface area contributed by atoms with Gasteiger partial charge in [-0.05, 0) is 37.1 Å². The maximum absolute atomic E-state index is 12.5. The van der Waals surface area contributed by atoms with Crippen LogP contribution in [0, 0.1) is 0 Å². The lowest BCUT2D eigenvalue weighted by Crippen LogP contribution is -2.30. The first-order valence-electron chi connectivity index (χ1n) is 6.29. The van der Waals surface area contributed by atoms with E-state index in [-0.39, 0.29) is 5.78 Å². The fourth-order valence-electron chi connectivity index (χ4n) is 2.03. The van der Waals surface area contributed by atoms with Gasteiger partial charge in [0.1, 0.15) is 11.6 Å². The molecule has 0 bridgehead atoms. The Morgan fingerprint density at radius 1 is 1.21 bits per heavy atom. The zero-order valence-electron chi connectivity index (χ0n) is 11.3. The van der Waals surface area contributed by atoms with Crippen LogP contribution < -0.4 is 5.73 Å². The summed E-state index contributed by atoms with van der Waals surface area (Å²) < 4.78 is 0. The van der Waals surface area contributed by atoms with Crippen molar-refractivity contribution in [1.29, 1.82) is 0 Å². The summed E-state index contributed by atoms with van der Waals surface area (Å²) in [7, 11) is 0. The number of rotatable bonds is 4. The van der Waals surface area contributed by atoms with E-state index in [1.54, 1.807) is 12.3 Å². The molecule has 2 aromatic rings. The highest BCUT2D eigenvalue weighted by Crippen LogP contribution is 2.25. The molecule has 19 heavy (non-hydrogen) atoms. The third-order valence-electron chi connectivity index (χ3n) is 3.40. The van der Waals surface area contributed by atoms with Crippen molar-refractivity contribution in [2.45, 2.75) is 25.7 Å². The first kappa shape index (κ1) is 13.3. The third kappa shape index (κ3) is 2.99. The molecule has 3 nitrogen and oxygen atoms in total. The summed E-state index contributed by atoms with van der Waals surface area (Å²) in [4.78, 5) is 16.4. The van der Waals surface area contributed by atoms with Crippen LogP contribution in [0.4, 0.5) is 5.82 Å². The third-order valence-corrected chi connectivity index (χ3v) is 3.40. The van der Waals surface area contributed by atoms with Gasteiger partial charge in [0.2, 0.25) is 0 Å². The minimum atomic E-state index is -0.501. The highest BCUT2D eigenvalue weighted by atomic mass is 16.1. The minimum Gasteiger partial charge on any atom is -0.384 e. The maximum atomic E-state index is 12.5. The van der Waals surface area contributed by atoms with Crippen molar-refractivity contribution in [2.75, 3.05) is 5.73 Å². The quantitative estimate of drug-likeness (QED) is 0.912. The van der Waals surface area contributed by atoms with Crippen LogP contribution in [0.5, 0.6) is 0 Å². The van der Waals surface area contributed by atoms with E-state index >= 15 is 0 Å². The number of nitrogens with two attached hydrogens (primary N) is 1. The molecule has 1 aromatic carbocycles. The smallest absolute Gasteiger partial charge is 0.147 e. The summed E-state index contributed by atoms with van der Waals surface area (Å²) in [6.07, 6.45) is 2.00. The zero-order valence-corrected chi connectivity index (χ0v) is 11.3. The van der Waals surface area contributed by atoms with Crippen LogP contribution in [-0.2, 0) is 16.6 Å². The molecule has 3 heteroatoms. The summed E-state index contributed by atoms with van der Waals surface area (Å²) in [5.74, 6) is 0.618. The van der Waals surface area contributed by atoms with Gasteiger partial charge in [0, 0.05) is 18.0 Å². The Bertz CT molecular complexity index is 576. The summed E-state index contributed by atoms with van der Waals surface area (Å²) in [5.41, 5.74) is 7.07. The number of benzene rings is 1. The number of pyridine rings is 1. The summed E-state index contributed by atoms with van der Waals surface area (Å²) in [6, 6.07) is 13.4. The molecular weight excluding hydrogens is 236 g/mol. The van der Waals surface area contributed by atoms with Crippen molar-refractivity contribution >= 4 is 11.6 Å². The SMILES string of the molecule is CC(C)(C(=O)Cc1ccnc(N)c1)c1ccccc1. The lowest BCUT2D eigenvalue weighted by Gasteiger charge is -2.23. The number of carbonyl (C=O) groups is 1. The van der Waals surface area contributed by atoms with E-state index in [2.05, 4.69) is 4.98 Å². The zero-order chi connectivity index (χ0) is 13.9. The lowest BCUT2D eigenvalue weighted by atomic mass is 9.78. The molecule has 0 saturated carbocycles. The highest BCUT2D eigenvalue weighted by molar-refractivity contribution is 5.91. The second-order valence-electron chi connectivity index (χ2n) is 5.18. The predicted molar refractivity (Wildman–Crippen MR) is 76.8 cm³/mol. The summed E-state index contributed by atoms with van der Waals surface area (Å²) in [6.45, 7) is 3.91. The number of Topliss-reactive ketones (excluding diaryl/α,β-unsaturated/α-hetero) is 1. The number of hydrogen-bond donors (Lipinski definition) is 1. The van der Waals surface area contributed by atoms with E-state index in [4.69, 9.17) is 5.73 Å². The highest BCUT2D eigenvalue weighted by Gasteiger charge is 2.29. The molecule has 0 radical (unpaired) electrons. The summed E-state index contributed by atoms with van der Waals surface area (Å²) in [5, 5.41) is 0. The molecule has 2 rings (SSSR count). The number of nitrogen functional groups attached to an aromatic ring is 1. The fraction of sp³-hybridized carbons (Fsp3) is 0.250. The largest absolute Gasteiger partial charge is 0.384 e. The van der Waals surface area contributed by atoms with Crippen molar-refractivity contribution in [3.8, 4) is 0 Å². The fourth-order valence-corrected chi connectivity index (χ4v) is 2.03. The van der Waals surface area contributed by atoms with Gasteiger partial charge in [-0.2, -0.15) is 0 Å². The van der Waals surface area contributed by atoms with Crippen molar-refractivity contribution in [1.82, 2.24) is 4.98 Å². The number of carbonyl (C=O) groups excluding carboxylic acids is 1. The van der Waals surface area contributed by atoms with Gasteiger partial charge in [0.05, 0.1) is 0 Å². The van der Waals surface area contributed by atoms with Gasteiger partial charge in [-0.3, -0.25) is 4.79 Å². The standard InChI is InChI=1S/C16H18N2O/c1-16(2,13-6-4-3-5-7-13)14(19)10-12-8-9-18-15(17)11-12/h3-9,11H,10H2,1-2H3,(H2,17,18). The Morgan fingerprint density at radius 2 is 1.89 bits per heavy atom. The second-order valence-corrected chi connectivity index (χ2v) is 5.18. The number of anilines is 1. The van der Waals surface area contributed by atoms with E-state index in [0.717, 1.165) is 11.1 Å². The molecule has 98 valence electrons. The first-order valence-corrected chi connectivity index (χ1v) is 6.29. The van der Waals surface area contributed by atoms with E-state index in [9.17, 15) is 4.79 Å². The molecular formula is C16H18N2O. The van der Waals surface area contributed by atoms with Gasteiger partial charge in [-0.15, -0.1) is 0 Å². The van der Waals surface area contributed by atoms with Crippen LogP contribution >= 0.6 is 0 Å². The first-order chi connectivity index (χ1) is 9.00. The maximum Gasteiger partial charge on any atom is 0.147 e. The Hall–Kier alpha value is -2.16. The average Bonchev–Trinajstić information content (AvgIpc) is 2.39. The van der Waals surface area contributed by atoms with E-state index in [1.165, 1.54) is 0 Å². The molecule has 1 heterocycles. The molecule has 2 N–H and O–H groups in total. The van der Waals surface area contributed by atoms with Gasteiger partial charge in [-0.1, -0.05) is 30.3 Å². The molecule has 0 amide bonds. The molecule has 0 aliphatic rings. The molecule has 0 spiro atoms. The monoisotopic (exact) mass is 254 g/mol. The van der Waals surface area contributed by atoms with E-state index < -0.39 is 5.41 Å². The van der Waals surface area contributed by atoms with Gasteiger partial charge in [0.25, 0.3) is 0 Å². The van der Waals surface area contributed by atoms with Crippen molar-refractivity contribution in [3.05, 3.63) is 59.8 Å². The van der Waals surface area contributed by atoms with Crippen LogP contribution in [0.1, 0.15) is 25.0 Å². The Balaban J connectivity index is 2.20. The van der Waals surface area contributed by atoms with Crippen LogP contribution in [0.2, 0.25) is 0 Å². The minimum absolute atomic E-state index is 0.171. The normalized spacial score (nSPS) is 11.3. The number of hydrogen-bond acceptors (Lipinski definition) is 3. The molecule has 0 aliphatic carbocycles. The summed E-state index contributed by atoms with van der Waals surface area (Å²) >= 11 is 0. The van der Waals surface area contributed by atoms with Crippen LogP contribution in [0.3, 0.4) is 0 Å². The number of aromatic nitrogens is 1. The Morgan fingerprint density at radius 3 is 2.53 bits per heavy atom. The molecule has 0 aliphatic heterocycles. The van der Waals surface area contributed by atoms with E-state index in [1.807, 2.05) is 50.2 Å². The van der Waals surface area contributed by atoms with Crippen molar-refractivity contribution < 1.29 is 4.79 Å². The van der Waals surface area contributed by atoms with Gasteiger partial charge >= 0.3 is 0 Å². The van der Waals surface area contributed by atoms with Crippen molar-refractivity contribution in [3.63, 3.8) is 0 Å². The topological polar surface area (TPSA) is 56.0 Å². The number of ketones is 1. The molecule has 1 aromatic heterocycles. The van der Waals surface area contributed by atoms with Crippen LogP contribution in [0.15, 0.2) is 48.7 Å². The predicted octanol–water partition coefficient (Wildman–Crippen LogP) is 2.75. The van der Waals surface area contributed by atoms with Crippen molar-refractivity contribution in [2.24, 2.45) is 0 Å². The van der Waals surface area contributed by atoms with Crippen LogP contribution in [-0.4, -0.2) is 10.8 Å². The van der Waals surface area contributed by atoms with E-state index in [0.29, 0.717) is 12.2 Å². The number of nitrogens with zero attached hydrogens (tertiary/aromatic N) is 1. The van der Waals surface area contributed by atoms with Crippen LogP contribution in [0.25, 0.3) is 0 Å². The molecule has 0 unspecified atom stereocenters. The Labute approximate surface area is 113 Å². The second kappa shape index (κ2) is 5.22. The lowest BCUT2D eigenvalue weighted by molar-refractivity contribution is -0.122. The van der Waals surface area contributed by atoms with Gasteiger partial charge in [-0.25, -0.2) is 4.98 Å². The molecule has 0 fully saturated rings.